The molecule has 0 radical (unpaired) electrons. The lowest BCUT2D eigenvalue weighted by atomic mass is 9.99. The highest BCUT2D eigenvalue weighted by Crippen LogP contribution is 2.38. The number of rotatable bonds is 4. The molecule has 0 aliphatic rings. The van der Waals surface area contributed by atoms with E-state index in [2.05, 4.69) is 18.0 Å². The lowest BCUT2D eigenvalue weighted by molar-refractivity contribution is 0.260. The Bertz CT molecular complexity index is 587. The molecule has 0 saturated carbocycles. The molecular weight excluding hydrogens is 242 g/mol. The van der Waals surface area contributed by atoms with Crippen molar-refractivity contribution >= 4 is 0 Å². The minimum absolute atomic E-state index is 0.428. The summed E-state index contributed by atoms with van der Waals surface area (Å²) in [4.78, 5) is 4.27. The van der Waals surface area contributed by atoms with Crippen LogP contribution in [-0.4, -0.2) is 18.7 Å². The lowest BCUT2D eigenvalue weighted by Gasteiger charge is -2.14. The molecule has 0 unspecified atom stereocenters. The van der Waals surface area contributed by atoms with Crippen LogP contribution in [0.3, 0.4) is 0 Å². The first-order chi connectivity index (χ1) is 9.08. The van der Waals surface area contributed by atoms with Crippen LogP contribution in [-0.2, 0) is 0 Å². The van der Waals surface area contributed by atoms with Crippen molar-refractivity contribution in [2.75, 3.05) is 13.7 Å². The van der Waals surface area contributed by atoms with E-state index in [1.54, 1.807) is 13.3 Å². The van der Waals surface area contributed by atoms with Gasteiger partial charge in [-0.15, -0.1) is 0 Å². The minimum atomic E-state index is 0.428. The molecule has 0 fully saturated rings. The van der Waals surface area contributed by atoms with E-state index in [4.69, 9.17) is 13.9 Å². The first-order valence-corrected chi connectivity index (χ1v) is 6.32. The van der Waals surface area contributed by atoms with Gasteiger partial charge in [-0.3, -0.25) is 0 Å². The monoisotopic (exact) mass is 261 g/mol. The highest BCUT2D eigenvalue weighted by Gasteiger charge is 2.18. The molecule has 2 aromatic rings. The van der Waals surface area contributed by atoms with Crippen molar-refractivity contribution in [1.29, 1.82) is 0 Å². The van der Waals surface area contributed by atoms with Gasteiger partial charge < -0.3 is 13.9 Å². The standard InChI is InChI=1S/C15H19NO3/c1-6-18-12-8-16-15(19-12)13-10(3)7-9(2)11(4)14(13)17-5/h7-8H,6H2,1-5H3. The molecule has 0 spiro atoms. The molecule has 0 atom stereocenters. The Kier molecular flexibility index (Phi) is 3.79. The van der Waals surface area contributed by atoms with Crippen LogP contribution in [0.4, 0.5) is 0 Å². The molecule has 0 N–H and O–H groups in total. The summed E-state index contributed by atoms with van der Waals surface area (Å²) in [6.07, 6.45) is 1.59. The van der Waals surface area contributed by atoms with Crippen LogP contribution in [0.2, 0.25) is 0 Å². The highest BCUT2D eigenvalue weighted by atomic mass is 16.6. The van der Waals surface area contributed by atoms with E-state index in [0.29, 0.717) is 18.4 Å². The number of aromatic nitrogens is 1. The fourth-order valence-electron chi connectivity index (χ4n) is 2.16. The molecule has 2 rings (SSSR count). The number of oxazole rings is 1. The first-order valence-electron chi connectivity index (χ1n) is 6.32. The van der Waals surface area contributed by atoms with Gasteiger partial charge in [-0.05, 0) is 44.4 Å². The summed E-state index contributed by atoms with van der Waals surface area (Å²) in [5.74, 6) is 1.76. The van der Waals surface area contributed by atoms with E-state index in [1.807, 2.05) is 20.8 Å². The molecule has 0 aliphatic heterocycles. The maximum absolute atomic E-state index is 5.61. The van der Waals surface area contributed by atoms with Crippen LogP contribution in [0.1, 0.15) is 23.6 Å². The zero-order valence-corrected chi connectivity index (χ0v) is 12.0. The molecule has 0 aliphatic carbocycles. The van der Waals surface area contributed by atoms with Crippen LogP contribution >= 0.6 is 0 Å². The van der Waals surface area contributed by atoms with E-state index < -0.39 is 0 Å². The molecule has 4 nitrogen and oxygen atoms in total. The molecule has 1 aromatic heterocycles. The summed E-state index contributed by atoms with van der Waals surface area (Å²) in [6, 6.07) is 2.11. The number of ether oxygens (including phenoxy) is 2. The summed E-state index contributed by atoms with van der Waals surface area (Å²) in [5.41, 5.74) is 4.25. The molecule has 1 aromatic carbocycles. The van der Waals surface area contributed by atoms with Crippen LogP contribution in [0, 0.1) is 20.8 Å². The van der Waals surface area contributed by atoms with Gasteiger partial charge in [0.05, 0.1) is 19.3 Å². The Morgan fingerprint density at radius 2 is 1.95 bits per heavy atom. The summed E-state index contributed by atoms with van der Waals surface area (Å²) in [5, 5.41) is 0. The van der Waals surface area contributed by atoms with Gasteiger partial charge in [-0.1, -0.05) is 6.07 Å². The van der Waals surface area contributed by atoms with Gasteiger partial charge in [0.1, 0.15) is 11.9 Å². The predicted molar refractivity (Wildman–Crippen MR) is 73.9 cm³/mol. The molecule has 19 heavy (non-hydrogen) atoms. The van der Waals surface area contributed by atoms with Crippen molar-refractivity contribution in [1.82, 2.24) is 4.98 Å². The second kappa shape index (κ2) is 5.34. The Balaban J connectivity index is 2.57. The molecular formula is C15H19NO3. The number of nitrogens with zero attached hydrogens (tertiary/aromatic N) is 1. The molecule has 0 amide bonds. The molecule has 102 valence electrons. The summed E-state index contributed by atoms with van der Waals surface area (Å²) < 4.78 is 16.4. The third kappa shape index (κ3) is 2.43. The fraction of sp³-hybridized carbons (Fsp3) is 0.400. The fourth-order valence-corrected chi connectivity index (χ4v) is 2.16. The third-order valence-corrected chi connectivity index (χ3v) is 3.18. The van der Waals surface area contributed by atoms with Crippen LogP contribution in [0.5, 0.6) is 11.7 Å². The van der Waals surface area contributed by atoms with Gasteiger partial charge in [-0.2, -0.15) is 0 Å². The largest absolute Gasteiger partial charge is 0.496 e. The average Bonchev–Trinajstić information content (AvgIpc) is 2.82. The van der Waals surface area contributed by atoms with Gasteiger partial charge in [0.15, 0.2) is 0 Å². The number of hydrogen-bond acceptors (Lipinski definition) is 4. The Labute approximate surface area is 113 Å². The summed E-state index contributed by atoms with van der Waals surface area (Å²) in [6.45, 7) is 8.58. The smallest absolute Gasteiger partial charge is 0.305 e. The predicted octanol–water partition coefficient (Wildman–Crippen LogP) is 3.67. The van der Waals surface area contributed by atoms with Crippen LogP contribution in [0.15, 0.2) is 16.7 Å². The maximum Gasteiger partial charge on any atom is 0.305 e. The number of methoxy groups -OCH3 is 1. The second-order valence-electron chi connectivity index (χ2n) is 4.46. The lowest BCUT2D eigenvalue weighted by Crippen LogP contribution is -1.97. The summed E-state index contributed by atoms with van der Waals surface area (Å²) in [7, 11) is 1.66. The normalized spacial score (nSPS) is 10.6. The maximum atomic E-state index is 5.61. The van der Waals surface area contributed by atoms with Crippen molar-refractivity contribution < 1.29 is 13.9 Å². The second-order valence-corrected chi connectivity index (χ2v) is 4.46. The van der Waals surface area contributed by atoms with Crippen molar-refractivity contribution in [2.45, 2.75) is 27.7 Å². The van der Waals surface area contributed by atoms with E-state index in [1.165, 1.54) is 5.56 Å². The molecule has 4 heteroatoms. The first kappa shape index (κ1) is 13.5. The zero-order chi connectivity index (χ0) is 14.0. The van der Waals surface area contributed by atoms with Crippen molar-refractivity contribution in [2.24, 2.45) is 0 Å². The number of aryl methyl sites for hydroxylation is 2. The van der Waals surface area contributed by atoms with Crippen molar-refractivity contribution in [3.63, 3.8) is 0 Å². The van der Waals surface area contributed by atoms with Gasteiger partial charge in [0, 0.05) is 0 Å². The molecule has 0 bridgehead atoms. The van der Waals surface area contributed by atoms with Crippen LogP contribution < -0.4 is 9.47 Å². The SMILES string of the molecule is CCOc1cnc(-c2c(C)cc(C)c(C)c2OC)o1. The van der Waals surface area contributed by atoms with Gasteiger partial charge in [-0.25, -0.2) is 4.98 Å². The van der Waals surface area contributed by atoms with E-state index >= 15 is 0 Å². The molecule has 0 saturated heterocycles. The zero-order valence-electron chi connectivity index (χ0n) is 12.0. The van der Waals surface area contributed by atoms with Crippen LogP contribution in [0.25, 0.3) is 11.5 Å². The molecule has 1 heterocycles. The van der Waals surface area contributed by atoms with Gasteiger partial charge >= 0.3 is 5.95 Å². The summed E-state index contributed by atoms with van der Waals surface area (Å²) >= 11 is 0. The van der Waals surface area contributed by atoms with E-state index in [-0.39, 0.29) is 0 Å². The topological polar surface area (TPSA) is 44.5 Å². The Morgan fingerprint density at radius 3 is 2.58 bits per heavy atom. The third-order valence-electron chi connectivity index (χ3n) is 3.18. The highest BCUT2D eigenvalue weighted by molar-refractivity contribution is 5.70. The van der Waals surface area contributed by atoms with E-state index in [9.17, 15) is 0 Å². The average molecular weight is 261 g/mol. The number of benzene rings is 1. The van der Waals surface area contributed by atoms with Gasteiger partial charge in [0.2, 0.25) is 5.89 Å². The van der Waals surface area contributed by atoms with Gasteiger partial charge in [0.25, 0.3) is 0 Å². The number of hydrogen-bond donors (Lipinski definition) is 0. The quantitative estimate of drug-likeness (QED) is 0.842. The minimum Gasteiger partial charge on any atom is -0.496 e. The Hall–Kier alpha value is -1.97. The van der Waals surface area contributed by atoms with Crippen molar-refractivity contribution in [3.05, 3.63) is 29.0 Å². The van der Waals surface area contributed by atoms with Crippen molar-refractivity contribution in [3.8, 4) is 23.1 Å². The Morgan fingerprint density at radius 1 is 1.21 bits per heavy atom. The van der Waals surface area contributed by atoms with E-state index in [0.717, 1.165) is 22.4 Å².